The average molecular weight is 365 g/mol. The number of nitrogens with zero attached hydrogens (tertiary/aromatic N) is 1. The number of ether oxygens (including phenoxy) is 1. The van der Waals surface area contributed by atoms with Crippen LogP contribution in [0, 0.1) is 5.92 Å². The van der Waals surface area contributed by atoms with Crippen molar-refractivity contribution in [3.8, 4) is 0 Å². The molecule has 0 aliphatic carbocycles. The molecule has 0 saturated carbocycles. The maximum absolute atomic E-state index is 12.3. The van der Waals surface area contributed by atoms with Crippen molar-refractivity contribution in [1.29, 1.82) is 0 Å². The van der Waals surface area contributed by atoms with E-state index in [0.717, 1.165) is 19.6 Å². The van der Waals surface area contributed by atoms with Crippen LogP contribution in [0.1, 0.15) is 34.1 Å². The molecule has 2 amide bonds. The summed E-state index contributed by atoms with van der Waals surface area (Å²) in [4.78, 5) is 37.1. The molecular weight excluding hydrogens is 337 g/mol. The first-order valence-corrected chi connectivity index (χ1v) is 8.46. The van der Waals surface area contributed by atoms with Gasteiger partial charge in [-0.15, -0.1) is 0 Å². The number of aliphatic carboxylic acids is 1. The Morgan fingerprint density at radius 2 is 1.76 bits per heavy atom. The van der Waals surface area contributed by atoms with Crippen molar-refractivity contribution in [2.75, 3.05) is 26.2 Å². The van der Waals surface area contributed by atoms with Crippen LogP contribution in [0.2, 0.25) is 0 Å². The normalized spacial score (nSPS) is 19.9. The number of likely N-dealkylation sites (N-methyl/N-ethyl adjacent to an activating group) is 1. The molecule has 1 fully saturated rings. The molecule has 25 heavy (non-hydrogen) atoms. The Morgan fingerprint density at radius 1 is 1.16 bits per heavy atom. The summed E-state index contributed by atoms with van der Waals surface area (Å²) in [6.45, 7) is 11.0. The van der Waals surface area contributed by atoms with Gasteiger partial charge in [-0.3, -0.25) is 9.59 Å². The number of carbonyl (C=O) groups excluding carboxylic acids is 3. The maximum atomic E-state index is 12.3. The first-order chi connectivity index (χ1) is 11.3. The van der Waals surface area contributed by atoms with Gasteiger partial charge in [0.1, 0.15) is 12.1 Å². The SMILES string of the molecule is CCN(CC)CCNC(=O)[C@H](CC(C)C)NC(=O)[C@H]1O[C@@H]1C(=O)[O-].[Na+]. The Balaban J connectivity index is 0.00000576. The minimum absolute atomic E-state index is 0. The second-order valence-corrected chi connectivity index (χ2v) is 6.30. The van der Waals surface area contributed by atoms with Crippen molar-refractivity contribution < 1.29 is 53.8 Å². The molecule has 0 unspecified atom stereocenters. The number of amides is 2. The summed E-state index contributed by atoms with van der Waals surface area (Å²) in [5.74, 6) is -2.08. The first-order valence-electron chi connectivity index (χ1n) is 8.46. The van der Waals surface area contributed by atoms with E-state index in [4.69, 9.17) is 4.74 Å². The average Bonchev–Trinajstić information content (AvgIpc) is 3.31. The fraction of sp³-hybridized carbons (Fsp3) is 0.812. The Morgan fingerprint density at radius 3 is 2.20 bits per heavy atom. The van der Waals surface area contributed by atoms with Crippen molar-refractivity contribution in [3.05, 3.63) is 0 Å². The van der Waals surface area contributed by atoms with Gasteiger partial charge >= 0.3 is 29.6 Å². The van der Waals surface area contributed by atoms with Gasteiger partial charge in [-0.1, -0.05) is 27.7 Å². The van der Waals surface area contributed by atoms with Crippen molar-refractivity contribution >= 4 is 17.8 Å². The maximum Gasteiger partial charge on any atom is 1.00 e. The van der Waals surface area contributed by atoms with Crippen LogP contribution in [0.4, 0.5) is 0 Å². The summed E-state index contributed by atoms with van der Waals surface area (Å²) in [5, 5.41) is 16.0. The van der Waals surface area contributed by atoms with Gasteiger partial charge in [0.05, 0.1) is 5.97 Å². The van der Waals surface area contributed by atoms with Gasteiger partial charge in [0.2, 0.25) is 5.91 Å². The Labute approximate surface area is 171 Å². The monoisotopic (exact) mass is 365 g/mol. The molecule has 0 bridgehead atoms. The van der Waals surface area contributed by atoms with E-state index in [9.17, 15) is 19.5 Å². The fourth-order valence-corrected chi connectivity index (χ4v) is 2.45. The number of epoxide rings is 1. The quantitative estimate of drug-likeness (QED) is 0.282. The van der Waals surface area contributed by atoms with Gasteiger partial charge < -0.3 is 30.2 Å². The Kier molecular flexibility index (Phi) is 11.5. The summed E-state index contributed by atoms with van der Waals surface area (Å²) in [6.07, 6.45) is -1.81. The number of carbonyl (C=O) groups is 3. The molecule has 1 rings (SSSR count). The molecule has 0 radical (unpaired) electrons. The number of hydrogen-bond donors (Lipinski definition) is 2. The summed E-state index contributed by atoms with van der Waals surface area (Å²) in [7, 11) is 0. The summed E-state index contributed by atoms with van der Waals surface area (Å²) >= 11 is 0. The van der Waals surface area contributed by atoms with Crippen LogP contribution in [-0.2, 0) is 19.1 Å². The van der Waals surface area contributed by atoms with E-state index >= 15 is 0 Å². The third-order valence-corrected chi connectivity index (χ3v) is 3.94. The largest absolute Gasteiger partial charge is 1.00 e. The third kappa shape index (κ3) is 8.50. The Bertz CT molecular complexity index is 457. The van der Waals surface area contributed by atoms with Gasteiger partial charge in [0.25, 0.3) is 5.91 Å². The van der Waals surface area contributed by atoms with E-state index in [1.807, 2.05) is 13.8 Å². The molecule has 1 saturated heterocycles. The van der Waals surface area contributed by atoms with Crippen molar-refractivity contribution in [3.63, 3.8) is 0 Å². The van der Waals surface area contributed by atoms with Crippen LogP contribution in [0.3, 0.4) is 0 Å². The number of carboxylic acid groups (broad SMARTS) is 1. The van der Waals surface area contributed by atoms with E-state index in [2.05, 4.69) is 29.4 Å². The number of hydrogen-bond acceptors (Lipinski definition) is 6. The van der Waals surface area contributed by atoms with Gasteiger partial charge in [-0.25, -0.2) is 0 Å². The van der Waals surface area contributed by atoms with Crippen LogP contribution >= 0.6 is 0 Å². The summed E-state index contributed by atoms with van der Waals surface area (Å²) in [6, 6.07) is -0.708. The molecule has 2 N–H and O–H groups in total. The van der Waals surface area contributed by atoms with Crippen LogP contribution in [0.25, 0.3) is 0 Å². The van der Waals surface area contributed by atoms with E-state index < -0.39 is 30.1 Å². The second-order valence-electron chi connectivity index (χ2n) is 6.30. The molecule has 1 aliphatic rings. The Hall–Kier alpha value is -0.670. The molecule has 1 heterocycles. The molecule has 8 nitrogen and oxygen atoms in total. The molecule has 138 valence electrons. The molecule has 0 aromatic heterocycles. The smallest absolute Gasteiger partial charge is 0.547 e. The molecular formula is C16H28N3NaO5. The van der Waals surface area contributed by atoms with E-state index in [1.165, 1.54) is 0 Å². The molecule has 1 aliphatic heterocycles. The van der Waals surface area contributed by atoms with Gasteiger partial charge in [0.15, 0.2) is 6.10 Å². The zero-order valence-corrected chi connectivity index (χ0v) is 17.8. The zero-order chi connectivity index (χ0) is 18.3. The zero-order valence-electron chi connectivity index (χ0n) is 15.8. The number of rotatable bonds is 11. The molecule has 0 spiro atoms. The minimum atomic E-state index is -1.42. The van der Waals surface area contributed by atoms with E-state index in [-0.39, 0.29) is 41.4 Å². The van der Waals surface area contributed by atoms with Crippen molar-refractivity contribution in [1.82, 2.24) is 15.5 Å². The van der Waals surface area contributed by atoms with Crippen LogP contribution in [-0.4, -0.2) is 67.1 Å². The predicted octanol–water partition coefficient (Wildman–Crippen LogP) is -4.50. The van der Waals surface area contributed by atoms with Crippen LogP contribution in [0.15, 0.2) is 0 Å². The standard InChI is InChI=1S/C16H29N3O5.Na/c1-5-19(6-2)8-7-17-14(20)11(9-10(3)4)18-15(21)12-13(24-12)16(22)23;/h10-13H,5-9H2,1-4H3,(H,17,20)(H,18,21)(H,22,23);/q;+1/p-1/t11-,12-,13-;/m0./s1. The summed E-state index contributed by atoms with van der Waals surface area (Å²) < 4.78 is 4.76. The number of carboxylic acids is 1. The van der Waals surface area contributed by atoms with E-state index in [1.54, 1.807) is 0 Å². The molecule has 0 aromatic rings. The van der Waals surface area contributed by atoms with Gasteiger partial charge in [-0.2, -0.15) is 0 Å². The van der Waals surface area contributed by atoms with E-state index in [0.29, 0.717) is 13.0 Å². The first kappa shape index (κ1) is 24.3. The molecule has 9 heteroatoms. The van der Waals surface area contributed by atoms with Gasteiger partial charge in [0, 0.05) is 13.1 Å². The predicted molar refractivity (Wildman–Crippen MR) is 85.9 cm³/mol. The molecule has 3 atom stereocenters. The minimum Gasteiger partial charge on any atom is -0.547 e. The van der Waals surface area contributed by atoms with Crippen LogP contribution in [0.5, 0.6) is 0 Å². The van der Waals surface area contributed by atoms with Crippen molar-refractivity contribution in [2.45, 2.75) is 52.4 Å². The third-order valence-electron chi connectivity index (χ3n) is 3.94. The fourth-order valence-electron chi connectivity index (χ4n) is 2.45. The topological polar surface area (TPSA) is 114 Å². The summed E-state index contributed by atoms with van der Waals surface area (Å²) in [5.41, 5.74) is 0. The number of nitrogens with one attached hydrogen (secondary N) is 2. The second kappa shape index (κ2) is 11.9. The van der Waals surface area contributed by atoms with Crippen LogP contribution < -0.4 is 45.3 Å². The van der Waals surface area contributed by atoms with Gasteiger partial charge in [-0.05, 0) is 25.4 Å². The molecule has 0 aromatic carbocycles. The van der Waals surface area contributed by atoms with Crippen molar-refractivity contribution in [2.24, 2.45) is 5.92 Å².